The maximum absolute atomic E-state index is 12.9. The highest BCUT2D eigenvalue weighted by molar-refractivity contribution is 6.28. The van der Waals surface area contributed by atoms with E-state index in [9.17, 15) is 9.59 Å². The minimum absolute atomic E-state index is 0.364. The number of carbonyl (C=O) groups is 2. The van der Waals surface area contributed by atoms with Crippen LogP contribution in [0.5, 0.6) is 0 Å². The zero-order valence-corrected chi connectivity index (χ0v) is 16.2. The Labute approximate surface area is 168 Å². The molecule has 0 unspecified atom stereocenters. The van der Waals surface area contributed by atoms with Crippen LogP contribution in [-0.2, 0) is 16.1 Å². The predicted molar refractivity (Wildman–Crippen MR) is 112 cm³/mol. The van der Waals surface area contributed by atoms with Gasteiger partial charge in [0, 0.05) is 6.07 Å². The molecule has 1 N–H and O–H groups in total. The van der Waals surface area contributed by atoms with Crippen molar-refractivity contribution in [2.45, 2.75) is 20.4 Å². The van der Waals surface area contributed by atoms with E-state index >= 15 is 0 Å². The number of anilines is 2. The quantitative estimate of drug-likeness (QED) is 0.683. The summed E-state index contributed by atoms with van der Waals surface area (Å²) in [7, 11) is 0. The van der Waals surface area contributed by atoms with Crippen molar-refractivity contribution < 1.29 is 9.59 Å². The zero-order chi connectivity index (χ0) is 20.4. The predicted octanol–water partition coefficient (Wildman–Crippen LogP) is 3.22. The van der Waals surface area contributed by atoms with Crippen LogP contribution in [0.1, 0.15) is 18.2 Å². The number of hydrazone groups is 1. The van der Waals surface area contributed by atoms with Crippen molar-refractivity contribution in [3.63, 3.8) is 0 Å². The van der Waals surface area contributed by atoms with Gasteiger partial charge < -0.3 is 5.32 Å². The molecule has 4 rings (SSSR count). The molecule has 3 aromatic rings. The Morgan fingerprint density at radius 3 is 2.38 bits per heavy atom. The molecule has 1 aliphatic heterocycles. The fourth-order valence-electron chi connectivity index (χ4n) is 3.34. The molecule has 0 saturated heterocycles. The number of hydrogen-bond acceptors (Lipinski definition) is 4. The molecule has 29 heavy (non-hydrogen) atoms. The zero-order valence-electron chi connectivity index (χ0n) is 16.2. The van der Waals surface area contributed by atoms with Gasteiger partial charge in [0.1, 0.15) is 5.82 Å². The molecular formula is C22H21N5O2. The molecule has 146 valence electrons. The van der Waals surface area contributed by atoms with E-state index in [-0.39, 0.29) is 5.91 Å². The molecule has 0 aliphatic carbocycles. The smallest absolute Gasteiger partial charge is 0.265 e. The molecular weight excluding hydrogens is 366 g/mol. The first-order chi connectivity index (χ1) is 14.0. The Kier molecular flexibility index (Phi) is 4.95. The molecule has 1 aromatic heterocycles. The molecule has 2 amide bonds. The number of hydrogen-bond donors (Lipinski definition) is 1. The van der Waals surface area contributed by atoms with Crippen molar-refractivity contribution in [3.05, 3.63) is 78.0 Å². The number of nitrogens with one attached hydrogen (secondary N) is 1. The lowest BCUT2D eigenvalue weighted by atomic mass is 10.0. The number of para-hydroxylation sites is 1. The monoisotopic (exact) mass is 387 g/mol. The Morgan fingerprint density at radius 1 is 1.03 bits per heavy atom. The first-order valence-corrected chi connectivity index (χ1v) is 9.36. The Hall–Kier alpha value is -3.74. The van der Waals surface area contributed by atoms with Crippen molar-refractivity contribution in [3.8, 4) is 0 Å². The fraction of sp³-hybridized carbons (Fsp3) is 0.182. The van der Waals surface area contributed by atoms with Gasteiger partial charge in [0.15, 0.2) is 5.92 Å². The number of amides is 2. The van der Waals surface area contributed by atoms with Crippen LogP contribution in [0.3, 0.4) is 0 Å². The summed E-state index contributed by atoms with van der Waals surface area (Å²) in [6, 6.07) is 20.7. The van der Waals surface area contributed by atoms with Gasteiger partial charge in [-0.3, -0.25) is 9.59 Å². The topological polar surface area (TPSA) is 79.6 Å². The average Bonchev–Trinajstić information content (AvgIpc) is 3.21. The summed E-state index contributed by atoms with van der Waals surface area (Å²) >= 11 is 0. The molecule has 1 aliphatic rings. The molecule has 0 radical (unpaired) electrons. The fourth-order valence-corrected chi connectivity index (χ4v) is 3.34. The number of aryl methyl sites for hydroxylation is 1. The van der Waals surface area contributed by atoms with E-state index in [4.69, 9.17) is 0 Å². The number of aromatic nitrogens is 2. The highest BCUT2D eigenvalue weighted by Gasteiger charge is 2.40. The largest absolute Gasteiger partial charge is 0.310 e. The maximum Gasteiger partial charge on any atom is 0.265 e. The SMILES string of the molecule is CC1=NN(c2ccccc2)C(=O)[C@@H]1C(=O)Nc1cc(C)nn1Cc1ccccc1. The van der Waals surface area contributed by atoms with E-state index in [0.717, 1.165) is 11.3 Å². The van der Waals surface area contributed by atoms with Gasteiger partial charge in [-0.1, -0.05) is 48.5 Å². The molecule has 2 heterocycles. The molecule has 0 spiro atoms. The van der Waals surface area contributed by atoms with Crippen LogP contribution < -0.4 is 10.3 Å². The van der Waals surface area contributed by atoms with E-state index in [1.165, 1.54) is 5.01 Å². The van der Waals surface area contributed by atoms with Crippen LogP contribution in [0.2, 0.25) is 0 Å². The summed E-state index contributed by atoms with van der Waals surface area (Å²) in [5.41, 5.74) is 2.95. The van der Waals surface area contributed by atoms with E-state index in [0.29, 0.717) is 23.8 Å². The second kappa shape index (κ2) is 7.71. The average molecular weight is 387 g/mol. The highest BCUT2D eigenvalue weighted by atomic mass is 16.2. The minimum Gasteiger partial charge on any atom is -0.310 e. The molecule has 7 nitrogen and oxygen atoms in total. The number of carbonyl (C=O) groups excluding carboxylic acids is 2. The minimum atomic E-state index is -0.962. The van der Waals surface area contributed by atoms with Gasteiger partial charge in [0.2, 0.25) is 5.91 Å². The molecule has 2 aromatic carbocycles. The lowest BCUT2D eigenvalue weighted by Crippen LogP contribution is -2.36. The summed E-state index contributed by atoms with van der Waals surface area (Å²) in [4.78, 5) is 25.8. The van der Waals surface area contributed by atoms with Crippen LogP contribution in [0, 0.1) is 12.8 Å². The third-order valence-electron chi connectivity index (χ3n) is 4.72. The third-order valence-corrected chi connectivity index (χ3v) is 4.72. The van der Waals surface area contributed by atoms with E-state index in [1.54, 1.807) is 29.8 Å². The van der Waals surface area contributed by atoms with Gasteiger partial charge in [-0.05, 0) is 31.5 Å². The van der Waals surface area contributed by atoms with Crippen molar-refractivity contribution in [1.29, 1.82) is 0 Å². The van der Waals surface area contributed by atoms with Crippen molar-refractivity contribution in [1.82, 2.24) is 9.78 Å². The van der Waals surface area contributed by atoms with Crippen molar-refractivity contribution >= 4 is 29.0 Å². The van der Waals surface area contributed by atoms with Crippen LogP contribution in [-0.4, -0.2) is 27.3 Å². The second-order valence-corrected chi connectivity index (χ2v) is 6.96. The van der Waals surface area contributed by atoms with Crippen LogP contribution in [0.25, 0.3) is 0 Å². The summed E-state index contributed by atoms with van der Waals surface area (Å²) in [5.74, 6) is -1.19. The van der Waals surface area contributed by atoms with Crippen molar-refractivity contribution in [2.75, 3.05) is 10.3 Å². The first kappa shape index (κ1) is 18.6. The first-order valence-electron chi connectivity index (χ1n) is 9.36. The van der Waals surface area contributed by atoms with Crippen LogP contribution in [0.4, 0.5) is 11.5 Å². The summed E-state index contributed by atoms with van der Waals surface area (Å²) in [6.45, 7) is 4.07. The van der Waals surface area contributed by atoms with Gasteiger partial charge in [0.05, 0.1) is 23.6 Å². The van der Waals surface area contributed by atoms with Gasteiger partial charge >= 0.3 is 0 Å². The van der Waals surface area contributed by atoms with Gasteiger partial charge in [-0.2, -0.15) is 15.2 Å². The molecule has 0 saturated carbocycles. The second-order valence-electron chi connectivity index (χ2n) is 6.96. The molecule has 7 heteroatoms. The van der Waals surface area contributed by atoms with Gasteiger partial charge in [-0.25, -0.2) is 4.68 Å². The number of rotatable bonds is 5. The van der Waals surface area contributed by atoms with E-state index in [1.807, 2.05) is 55.5 Å². The molecule has 0 fully saturated rings. The van der Waals surface area contributed by atoms with Crippen LogP contribution >= 0.6 is 0 Å². The summed E-state index contributed by atoms with van der Waals surface area (Å²) in [6.07, 6.45) is 0. The standard InChI is InChI=1S/C22H21N5O2/c1-15-13-19(26(24-15)14-17-9-5-3-6-10-17)23-21(28)20-16(2)25-27(22(20)29)18-11-7-4-8-12-18/h3-13,20H,14H2,1-2H3,(H,23,28)/t20-/m0/s1. The maximum atomic E-state index is 12.9. The molecule has 0 bridgehead atoms. The van der Waals surface area contributed by atoms with Gasteiger partial charge in [-0.15, -0.1) is 0 Å². The summed E-state index contributed by atoms with van der Waals surface area (Å²) < 4.78 is 1.73. The lowest BCUT2D eigenvalue weighted by Gasteiger charge is -2.15. The Morgan fingerprint density at radius 2 is 1.69 bits per heavy atom. The number of nitrogens with zero attached hydrogens (tertiary/aromatic N) is 4. The molecule has 1 atom stereocenters. The van der Waals surface area contributed by atoms with Gasteiger partial charge in [0.25, 0.3) is 5.91 Å². The van der Waals surface area contributed by atoms with Crippen molar-refractivity contribution in [2.24, 2.45) is 11.0 Å². The third kappa shape index (κ3) is 3.80. The summed E-state index contributed by atoms with van der Waals surface area (Å²) in [5, 5.41) is 12.9. The highest BCUT2D eigenvalue weighted by Crippen LogP contribution is 2.25. The van der Waals surface area contributed by atoms with E-state index in [2.05, 4.69) is 15.5 Å². The Balaban J connectivity index is 1.53. The lowest BCUT2D eigenvalue weighted by molar-refractivity contribution is -0.127. The number of benzene rings is 2. The van der Waals surface area contributed by atoms with E-state index < -0.39 is 11.8 Å². The van der Waals surface area contributed by atoms with Crippen LogP contribution in [0.15, 0.2) is 71.8 Å². The Bertz CT molecular complexity index is 1070. The normalized spacial score (nSPS) is 16.1.